The van der Waals surface area contributed by atoms with Gasteiger partial charge in [-0.25, -0.2) is 0 Å². The molecule has 1 aromatic heterocycles. The minimum absolute atomic E-state index is 0.382. The molecule has 0 fully saturated rings. The average Bonchev–Trinajstić information content (AvgIpc) is 3.14. The van der Waals surface area contributed by atoms with Crippen LogP contribution < -0.4 is 0 Å². The molecule has 0 unspecified atom stereocenters. The van der Waals surface area contributed by atoms with Gasteiger partial charge in [-0.2, -0.15) is 0 Å². The first-order valence-corrected chi connectivity index (χ1v) is 15.2. The first-order valence-electron chi connectivity index (χ1n) is 30.2. The highest BCUT2D eigenvalue weighted by Gasteiger charge is 2.19. The van der Waals surface area contributed by atoms with E-state index < -0.39 is 285 Å². The number of rotatable bonds is 3. The van der Waals surface area contributed by atoms with Gasteiger partial charge in [0.1, 0.15) is 11.2 Å². The van der Waals surface area contributed by atoms with Crippen LogP contribution >= 0.6 is 0 Å². The largest absolute Gasteiger partial charge is 0.456 e. The second-order valence-corrected chi connectivity index (χ2v) is 11.3. The van der Waals surface area contributed by atoms with Gasteiger partial charge in [0.2, 0.25) is 0 Å². The molecule has 0 radical (unpaired) electrons. The predicted octanol–water partition coefficient (Wildman–Crippen LogP) is 14.4. The summed E-state index contributed by atoms with van der Waals surface area (Å²) in [6.07, 6.45) is 0. The van der Waals surface area contributed by atoms with Crippen LogP contribution in [0.15, 0.2) is 186 Å². The molecular weight excluding hydrogens is 617 g/mol. The first-order chi connectivity index (χ1) is 37.8. The third kappa shape index (κ3) is 4.28. The fourth-order valence-electron chi connectivity index (χ4n) is 6.33. The zero-order valence-electron chi connectivity index (χ0n) is 55.4. The van der Waals surface area contributed by atoms with Gasteiger partial charge in [0.25, 0.3) is 0 Å². The molecule has 0 aliphatic rings. The van der Waals surface area contributed by atoms with Crippen molar-refractivity contribution in [3.05, 3.63) is 181 Å². The van der Waals surface area contributed by atoms with E-state index in [0.717, 1.165) is 0 Å². The molecule has 236 valence electrons. The molecule has 0 N–H and O–H groups in total. The highest BCUT2D eigenvalue weighted by Crippen LogP contribution is 2.46. The SMILES string of the molecule is [2H]c1c(-c2c([2H])c([2H])c3c(-c4c5c([2H])c([2H])c([2H])c([2H])c5c(-c5c([2H])c([2H])c6c([2H])c([2H])c([2H])c([2H])c6c5[2H])c5c([2H])c([2H])c([2H])c([2H])c45)c([2H])c([2H])c([2H])c3c2[2H])c([2H])c2c(oc3c([2H])c([2H])c4c([2H])c([2H])c([2H])c([2H])c4c32)c1[2H]. The minimum atomic E-state index is -1.09. The van der Waals surface area contributed by atoms with Gasteiger partial charge in [-0.1, -0.05) is 151 Å². The van der Waals surface area contributed by atoms with E-state index in [-0.39, 0.29) is 5.39 Å². The Bertz CT molecular complexity index is 4850. The van der Waals surface area contributed by atoms with E-state index in [4.69, 9.17) is 26.3 Å². The summed E-state index contributed by atoms with van der Waals surface area (Å²) < 4.78 is 278. The van der Waals surface area contributed by atoms with Gasteiger partial charge in [0, 0.05) is 10.8 Å². The van der Waals surface area contributed by atoms with Crippen LogP contribution in [0.5, 0.6) is 0 Å². The van der Waals surface area contributed by atoms with Crippen LogP contribution in [0.3, 0.4) is 0 Å². The minimum Gasteiger partial charge on any atom is -0.456 e. The number of hydrogen-bond donors (Lipinski definition) is 0. The highest BCUT2D eigenvalue weighted by atomic mass is 16.3. The zero-order valence-corrected chi connectivity index (χ0v) is 25.4. The maximum absolute atomic E-state index is 9.80. The number of benzene rings is 10. The summed E-state index contributed by atoms with van der Waals surface area (Å²) in [6, 6.07) is -28.0. The van der Waals surface area contributed by atoms with E-state index in [2.05, 4.69) is 0 Å². The maximum atomic E-state index is 9.80. The van der Waals surface area contributed by atoms with Crippen molar-refractivity contribution < 1.29 is 45.5 Å². The molecule has 0 aliphatic heterocycles. The number of furan rings is 1. The highest BCUT2D eigenvalue weighted by molar-refractivity contribution is 6.24. The van der Waals surface area contributed by atoms with Gasteiger partial charge in [0.05, 0.1) is 41.1 Å². The van der Waals surface area contributed by atoms with Crippen LogP contribution in [0.25, 0.3) is 109 Å². The van der Waals surface area contributed by atoms with E-state index in [9.17, 15) is 19.2 Å². The lowest BCUT2D eigenvalue weighted by Crippen LogP contribution is -1.92. The van der Waals surface area contributed by atoms with Crippen LogP contribution in [0.1, 0.15) is 41.1 Å². The van der Waals surface area contributed by atoms with Gasteiger partial charge in [-0.3, -0.25) is 0 Å². The third-order valence-corrected chi connectivity index (χ3v) is 8.51. The Kier molecular flexibility index (Phi) is 2.50. The molecule has 11 aromatic rings. The second-order valence-electron chi connectivity index (χ2n) is 11.3. The number of fused-ring (bicyclic) bond motifs is 9. The van der Waals surface area contributed by atoms with Crippen molar-refractivity contribution in [2.45, 2.75) is 0 Å². The van der Waals surface area contributed by atoms with Crippen LogP contribution in [0.2, 0.25) is 0 Å². The summed E-state index contributed by atoms with van der Waals surface area (Å²) >= 11 is 0. The van der Waals surface area contributed by atoms with Crippen molar-refractivity contribution in [3.63, 3.8) is 0 Å². The normalized spacial score (nSPS) is 20.2. The first kappa shape index (κ1) is 11.7. The Morgan fingerprint density at radius 3 is 1.65 bits per heavy atom. The lowest BCUT2D eigenvalue weighted by molar-refractivity contribution is 0.669. The fraction of sp³-hybridized carbons (Fsp3) is 0. The van der Waals surface area contributed by atoms with E-state index in [1.165, 1.54) is 0 Å². The average molecular weight is 677 g/mol. The lowest BCUT2D eigenvalue weighted by Gasteiger charge is -2.19. The topological polar surface area (TPSA) is 13.1 Å². The van der Waals surface area contributed by atoms with Gasteiger partial charge in [-0.15, -0.1) is 0 Å². The maximum Gasteiger partial charge on any atom is 0.136 e. The molecule has 0 saturated heterocycles. The molecule has 10 aromatic carbocycles. The Morgan fingerprint density at radius 2 is 0.863 bits per heavy atom. The summed E-state index contributed by atoms with van der Waals surface area (Å²) in [5, 5.41) is -7.71. The lowest BCUT2D eigenvalue weighted by atomic mass is 9.84. The molecule has 0 aliphatic carbocycles. The van der Waals surface area contributed by atoms with E-state index >= 15 is 0 Å². The summed E-state index contributed by atoms with van der Waals surface area (Å²) in [6.45, 7) is 0. The Balaban J connectivity index is 1.37. The molecule has 0 spiro atoms. The van der Waals surface area contributed by atoms with Gasteiger partial charge >= 0.3 is 0 Å². The quantitative estimate of drug-likeness (QED) is 0.170. The molecule has 11 rings (SSSR count). The summed E-state index contributed by atoms with van der Waals surface area (Å²) in [7, 11) is 0. The Morgan fingerprint density at radius 1 is 0.314 bits per heavy atom. The van der Waals surface area contributed by atoms with Crippen molar-refractivity contribution in [3.8, 4) is 33.4 Å². The van der Waals surface area contributed by atoms with Crippen molar-refractivity contribution in [2.75, 3.05) is 0 Å². The van der Waals surface area contributed by atoms with Crippen molar-refractivity contribution in [1.82, 2.24) is 0 Å². The van der Waals surface area contributed by atoms with Crippen molar-refractivity contribution in [2.24, 2.45) is 0 Å². The van der Waals surface area contributed by atoms with Crippen LogP contribution in [0, 0.1) is 0 Å². The molecule has 51 heavy (non-hydrogen) atoms. The predicted molar refractivity (Wildman–Crippen MR) is 218 cm³/mol. The molecular formula is C50H30O. The van der Waals surface area contributed by atoms with Crippen LogP contribution in [-0.2, 0) is 0 Å². The van der Waals surface area contributed by atoms with Crippen molar-refractivity contribution in [1.29, 1.82) is 0 Å². The molecule has 1 nitrogen and oxygen atoms in total. The molecule has 0 saturated carbocycles. The van der Waals surface area contributed by atoms with Crippen molar-refractivity contribution >= 4 is 75.8 Å². The zero-order chi connectivity index (χ0) is 59.6. The molecule has 1 heterocycles. The van der Waals surface area contributed by atoms with Gasteiger partial charge < -0.3 is 4.42 Å². The second kappa shape index (κ2) is 10.9. The molecule has 0 atom stereocenters. The number of hydrogen-bond acceptors (Lipinski definition) is 1. The van der Waals surface area contributed by atoms with Gasteiger partial charge in [0.15, 0.2) is 0 Å². The summed E-state index contributed by atoms with van der Waals surface area (Å²) in [4.78, 5) is 0. The third-order valence-electron chi connectivity index (χ3n) is 8.51. The van der Waals surface area contributed by atoms with Crippen LogP contribution in [0.4, 0.5) is 0 Å². The molecule has 0 bridgehead atoms. The molecule has 0 amide bonds. The fourth-order valence-corrected chi connectivity index (χ4v) is 6.33. The Hall–Kier alpha value is -6.70. The standard InChI is InChI=1S/C50H30O/c1-2-12-33-29-37(21-20-31(33)10-1)48-41-15-5-7-17-43(41)49(44-18-8-6-16-42(44)48)40-19-9-13-36-28-34(22-25-38(36)40)35-24-26-46-45(30-35)50-39-14-4-3-11-32(39)23-27-47(50)51-46/h1-30H/i1D,2D,3D,4D,5D,6D,7D,8D,9D,10D,11D,12D,13D,14D,15D,16D,17D,18D,19D,20D,21D,22D,23D,24D,25D,26D,27D,28D,29D,30D. The van der Waals surface area contributed by atoms with E-state index in [1.54, 1.807) is 0 Å². The Labute approximate surface area is 336 Å². The van der Waals surface area contributed by atoms with E-state index in [1.807, 2.05) is 0 Å². The van der Waals surface area contributed by atoms with E-state index in [0.29, 0.717) is 0 Å². The smallest absolute Gasteiger partial charge is 0.136 e. The summed E-state index contributed by atoms with van der Waals surface area (Å²) in [5.74, 6) is 0. The monoisotopic (exact) mass is 676 g/mol. The van der Waals surface area contributed by atoms with Crippen LogP contribution in [-0.4, -0.2) is 0 Å². The van der Waals surface area contributed by atoms with Gasteiger partial charge in [-0.05, 0) is 117 Å². The summed E-state index contributed by atoms with van der Waals surface area (Å²) in [5.41, 5.74) is -5.90. The molecule has 1 heteroatoms.